The second-order valence-electron chi connectivity index (χ2n) is 3.86. The zero-order valence-electron chi connectivity index (χ0n) is 8.46. The third-order valence-corrected chi connectivity index (χ3v) is 3.85. The minimum Gasteiger partial charge on any atom is -0.458 e. The molecule has 1 aliphatic carbocycles. The van der Waals surface area contributed by atoms with Crippen LogP contribution in [0, 0.1) is 0 Å². The van der Waals surface area contributed by atoms with Gasteiger partial charge in [0.25, 0.3) is 0 Å². The molecule has 1 aromatic carbocycles. The van der Waals surface area contributed by atoms with E-state index in [1.165, 1.54) is 11.8 Å². The highest BCUT2D eigenvalue weighted by Gasteiger charge is 2.52. The maximum Gasteiger partial charge on any atom is 0.145 e. The second kappa shape index (κ2) is 3.30. The van der Waals surface area contributed by atoms with Crippen molar-refractivity contribution < 1.29 is 9.84 Å². The predicted octanol–water partition coefficient (Wildman–Crippen LogP) is 1.91. The molecular weight excluding hydrogens is 222 g/mol. The molecule has 0 radical (unpaired) electrons. The lowest BCUT2D eigenvalue weighted by Crippen LogP contribution is -2.12. The minimum atomic E-state index is -0.673. The summed E-state index contributed by atoms with van der Waals surface area (Å²) in [7, 11) is 0. The van der Waals surface area contributed by atoms with Crippen molar-refractivity contribution in [1.82, 2.24) is 0 Å². The van der Waals surface area contributed by atoms with Crippen molar-refractivity contribution in [3.8, 4) is 5.75 Å². The summed E-state index contributed by atoms with van der Waals surface area (Å²) < 4.78 is 5.65. The summed E-state index contributed by atoms with van der Waals surface area (Å²) in [5.74, 6) is 1.52. The van der Waals surface area contributed by atoms with Crippen molar-refractivity contribution in [3.63, 3.8) is 0 Å². The van der Waals surface area contributed by atoms with Crippen LogP contribution in [0.4, 0.5) is 5.69 Å². The van der Waals surface area contributed by atoms with Gasteiger partial charge in [-0.1, -0.05) is 0 Å². The Labute approximate surface area is 97.6 Å². The van der Waals surface area contributed by atoms with Crippen LogP contribution in [-0.2, 0) is 0 Å². The summed E-state index contributed by atoms with van der Waals surface area (Å²) in [6.45, 7) is 0. The number of ether oxygens (including phenoxy) is 1. The van der Waals surface area contributed by atoms with Gasteiger partial charge in [0.15, 0.2) is 0 Å². The number of nitrogens with two attached hydrogens (primary N) is 1. The van der Waals surface area contributed by atoms with Crippen LogP contribution in [0.2, 0.25) is 0 Å². The molecule has 1 fully saturated rings. The van der Waals surface area contributed by atoms with Crippen LogP contribution >= 0.6 is 11.8 Å². The van der Waals surface area contributed by atoms with Gasteiger partial charge in [0.05, 0.1) is 5.25 Å². The molecule has 1 saturated heterocycles. The smallest absolute Gasteiger partial charge is 0.145 e. The van der Waals surface area contributed by atoms with Gasteiger partial charge >= 0.3 is 0 Å². The number of anilines is 1. The van der Waals surface area contributed by atoms with Gasteiger partial charge in [0.1, 0.15) is 16.4 Å². The van der Waals surface area contributed by atoms with E-state index in [4.69, 9.17) is 10.5 Å². The molecule has 3 rings (SSSR count). The Balaban J connectivity index is 1.75. The van der Waals surface area contributed by atoms with Gasteiger partial charge < -0.3 is 15.6 Å². The lowest BCUT2D eigenvalue weighted by molar-refractivity contribution is 0.225. The zero-order chi connectivity index (χ0) is 11.2. The average Bonchev–Trinajstić information content (AvgIpc) is 2.93. The Morgan fingerprint density at radius 3 is 2.75 bits per heavy atom. The third kappa shape index (κ3) is 1.70. The van der Waals surface area contributed by atoms with E-state index in [0.29, 0.717) is 5.69 Å². The van der Waals surface area contributed by atoms with Gasteiger partial charge in [-0.15, -0.1) is 11.8 Å². The second-order valence-corrected chi connectivity index (χ2v) is 5.26. The standard InChI is InChI=1S/C12H11NO2S/c13-8-1-3-9(4-2-8)15-10-5-6-12(14)11(7-10)16-12/h1-7,11,14H,13H2. The Morgan fingerprint density at radius 2 is 2.06 bits per heavy atom. The molecular formula is C12H11NO2S. The van der Waals surface area contributed by atoms with Crippen molar-refractivity contribution in [2.75, 3.05) is 5.73 Å². The minimum absolute atomic E-state index is 0.140. The molecule has 1 heterocycles. The lowest BCUT2D eigenvalue weighted by Gasteiger charge is -2.10. The Hall–Kier alpha value is -1.39. The number of hydrogen-bond donors (Lipinski definition) is 2. The fourth-order valence-corrected chi connectivity index (χ4v) is 2.44. The van der Waals surface area contributed by atoms with Crippen LogP contribution in [0.3, 0.4) is 0 Å². The summed E-state index contributed by atoms with van der Waals surface area (Å²) in [6.07, 6.45) is 5.50. The first-order valence-corrected chi connectivity index (χ1v) is 5.88. The van der Waals surface area contributed by atoms with Crippen LogP contribution in [0.5, 0.6) is 5.75 Å². The van der Waals surface area contributed by atoms with Crippen molar-refractivity contribution >= 4 is 17.4 Å². The molecule has 2 unspecified atom stereocenters. The first-order chi connectivity index (χ1) is 7.66. The number of hydrogen-bond acceptors (Lipinski definition) is 4. The van der Waals surface area contributed by atoms with E-state index in [1.54, 1.807) is 24.3 Å². The molecule has 0 amide bonds. The number of thioether (sulfide) groups is 1. The summed E-state index contributed by atoms with van der Waals surface area (Å²) in [6, 6.07) is 7.24. The molecule has 82 valence electrons. The molecule has 0 aromatic heterocycles. The van der Waals surface area contributed by atoms with E-state index >= 15 is 0 Å². The molecule has 3 nitrogen and oxygen atoms in total. The van der Waals surface area contributed by atoms with Gasteiger partial charge in [-0.25, -0.2) is 0 Å². The molecule has 0 spiro atoms. The molecule has 3 N–H and O–H groups in total. The van der Waals surface area contributed by atoms with E-state index < -0.39 is 4.93 Å². The van der Waals surface area contributed by atoms with Gasteiger partial charge in [-0.2, -0.15) is 0 Å². The Kier molecular flexibility index (Phi) is 2.02. The fraction of sp³-hybridized carbons (Fsp3) is 0.167. The van der Waals surface area contributed by atoms with Crippen LogP contribution in [0.1, 0.15) is 0 Å². The summed E-state index contributed by atoms with van der Waals surface area (Å²) in [5.41, 5.74) is 6.30. The average molecular weight is 233 g/mol. The Morgan fingerprint density at radius 1 is 1.31 bits per heavy atom. The number of fused-ring (bicyclic) bond motifs is 1. The maximum atomic E-state index is 9.73. The molecule has 4 heteroatoms. The Bertz CT molecular complexity index is 480. The van der Waals surface area contributed by atoms with E-state index in [2.05, 4.69) is 0 Å². The maximum absolute atomic E-state index is 9.73. The van der Waals surface area contributed by atoms with Crippen molar-refractivity contribution in [1.29, 1.82) is 0 Å². The lowest BCUT2D eigenvalue weighted by atomic mass is 10.1. The quantitative estimate of drug-likeness (QED) is 0.605. The van der Waals surface area contributed by atoms with Crippen LogP contribution in [-0.4, -0.2) is 15.3 Å². The van der Waals surface area contributed by atoms with E-state index in [9.17, 15) is 5.11 Å². The first kappa shape index (κ1) is 9.81. The van der Waals surface area contributed by atoms with Crippen LogP contribution in [0.25, 0.3) is 0 Å². The van der Waals surface area contributed by atoms with E-state index in [1.807, 2.05) is 18.2 Å². The fourth-order valence-electron chi connectivity index (χ4n) is 1.60. The monoisotopic (exact) mass is 233 g/mol. The van der Waals surface area contributed by atoms with Crippen LogP contribution < -0.4 is 10.5 Å². The SMILES string of the molecule is Nc1ccc(OC2=CC3SC3(O)C=C2)cc1. The van der Waals surface area contributed by atoms with Gasteiger partial charge in [0.2, 0.25) is 0 Å². The molecule has 0 bridgehead atoms. The largest absolute Gasteiger partial charge is 0.458 e. The zero-order valence-corrected chi connectivity index (χ0v) is 9.28. The molecule has 1 aliphatic heterocycles. The first-order valence-electron chi connectivity index (χ1n) is 5.00. The van der Waals surface area contributed by atoms with Crippen molar-refractivity contribution in [2.45, 2.75) is 10.2 Å². The van der Waals surface area contributed by atoms with Crippen LogP contribution in [0.15, 0.2) is 48.3 Å². The number of allylic oxidation sites excluding steroid dienone is 1. The molecule has 1 aromatic rings. The normalized spacial score (nSPS) is 30.6. The highest BCUT2D eigenvalue weighted by atomic mass is 32.2. The van der Waals surface area contributed by atoms with Gasteiger partial charge in [-0.3, -0.25) is 0 Å². The van der Waals surface area contributed by atoms with E-state index in [-0.39, 0.29) is 5.25 Å². The number of benzene rings is 1. The number of aliphatic hydroxyl groups is 1. The van der Waals surface area contributed by atoms with Gasteiger partial charge in [-0.05, 0) is 42.5 Å². The third-order valence-electron chi connectivity index (χ3n) is 2.58. The van der Waals surface area contributed by atoms with Crippen molar-refractivity contribution in [2.24, 2.45) is 0 Å². The summed E-state index contributed by atoms with van der Waals surface area (Å²) in [4.78, 5) is -0.673. The van der Waals surface area contributed by atoms with Gasteiger partial charge in [0, 0.05) is 5.69 Å². The molecule has 16 heavy (non-hydrogen) atoms. The molecule has 0 saturated carbocycles. The molecule has 2 aliphatic rings. The summed E-state index contributed by atoms with van der Waals surface area (Å²) >= 11 is 1.51. The summed E-state index contributed by atoms with van der Waals surface area (Å²) in [5, 5.41) is 9.87. The van der Waals surface area contributed by atoms with E-state index in [0.717, 1.165) is 11.5 Å². The predicted molar refractivity (Wildman–Crippen MR) is 65.0 cm³/mol. The number of rotatable bonds is 2. The highest BCUT2D eigenvalue weighted by molar-refractivity contribution is 8.08. The topological polar surface area (TPSA) is 55.5 Å². The molecule has 2 atom stereocenters. The van der Waals surface area contributed by atoms with Crippen molar-refractivity contribution in [3.05, 3.63) is 48.3 Å². The number of nitrogen functional groups attached to an aromatic ring is 1. The highest BCUT2D eigenvalue weighted by Crippen LogP contribution is 2.55.